The minimum atomic E-state index is 0.0295. The molecule has 19 heavy (non-hydrogen) atoms. The minimum absolute atomic E-state index is 0.0295. The van der Waals surface area contributed by atoms with E-state index >= 15 is 0 Å². The Morgan fingerprint density at radius 1 is 1.16 bits per heavy atom. The van der Waals surface area contributed by atoms with Crippen molar-refractivity contribution in [2.75, 3.05) is 5.75 Å². The van der Waals surface area contributed by atoms with Crippen molar-refractivity contribution in [1.29, 1.82) is 0 Å². The molecule has 2 aromatic rings. The highest BCUT2D eigenvalue weighted by molar-refractivity contribution is 7.99. The summed E-state index contributed by atoms with van der Waals surface area (Å²) in [6, 6.07) is 14.3. The van der Waals surface area contributed by atoms with Crippen LogP contribution >= 0.6 is 23.4 Å². The first-order chi connectivity index (χ1) is 9.08. The Bertz CT molecular complexity index is 568. The predicted molar refractivity (Wildman–Crippen MR) is 85.0 cm³/mol. The zero-order valence-corrected chi connectivity index (χ0v) is 12.8. The van der Waals surface area contributed by atoms with E-state index in [1.54, 1.807) is 11.8 Å². The lowest BCUT2D eigenvalue weighted by Gasteiger charge is -2.15. The van der Waals surface area contributed by atoms with Crippen LogP contribution in [0.4, 0.5) is 0 Å². The SMILES string of the molecule is Cc1ccc(C(N)CSc2ccccc2Cl)c(C)c1. The molecule has 0 amide bonds. The van der Waals surface area contributed by atoms with Crippen LogP contribution in [0.2, 0.25) is 5.02 Å². The monoisotopic (exact) mass is 291 g/mol. The third kappa shape index (κ3) is 3.75. The van der Waals surface area contributed by atoms with Crippen molar-refractivity contribution in [1.82, 2.24) is 0 Å². The molecule has 3 heteroatoms. The number of halogens is 1. The maximum absolute atomic E-state index is 6.28. The van der Waals surface area contributed by atoms with Crippen molar-refractivity contribution in [2.24, 2.45) is 5.73 Å². The molecule has 0 saturated heterocycles. The topological polar surface area (TPSA) is 26.0 Å². The summed E-state index contributed by atoms with van der Waals surface area (Å²) in [5.41, 5.74) is 10.0. The van der Waals surface area contributed by atoms with E-state index in [0.29, 0.717) is 0 Å². The Hall–Kier alpha value is -0.960. The lowest BCUT2D eigenvalue weighted by molar-refractivity contribution is 0.822. The predicted octanol–water partition coefficient (Wildman–Crippen LogP) is 4.75. The summed E-state index contributed by atoms with van der Waals surface area (Å²) in [6.45, 7) is 4.21. The number of hydrogen-bond donors (Lipinski definition) is 1. The number of nitrogens with two attached hydrogens (primary N) is 1. The van der Waals surface area contributed by atoms with Crippen LogP contribution in [0, 0.1) is 13.8 Å². The van der Waals surface area contributed by atoms with E-state index in [1.807, 2.05) is 24.3 Å². The van der Waals surface area contributed by atoms with Crippen LogP contribution in [0.1, 0.15) is 22.7 Å². The fraction of sp³-hybridized carbons (Fsp3) is 0.250. The summed E-state index contributed by atoms with van der Waals surface area (Å²) in [4.78, 5) is 1.09. The molecule has 0 aliphatic rings. The molecular formula is C16H18ClNS. The van der Waals surface area contributed by atoms with Crippen molar-refractivity contribution in [3.8, 4) is 0 Å². The molecule has 0 saturated carbocycles. The zero-order chi connectivity index (χ0) is 13.8. The van der Waals surface area contributed by atoms with Gasteiger partial charge < -0.3 is 5.73 Å². The molecule has 0 aliphatic heterocycles. The molecule has 2 rings (SSSR count). The Morgan fingerprint density at radius 2 is 1.89 bits per heavy atom. The van der Waals surface area contributed by atoms with Gasteiger partial charge in [0.1, 0.15) is 0 Å². The van der Waals surface area contributed by atoms with Gasteiger partial charge >= 0.3 is 0 Å². The fourth-order valence-corrected chi connectivity index (χ4v) is 3.29. The van der Waals surface area contributed by atoms with Crippen LogP contribution in [0.15, 0.2) is 47.4 Å². The highest BCUT2D eigenvalue weighted by Gasteiger charge is 2.10. The molecule has 0 spiro atoms. The molecule has 2 aromatic carbocycles. The van der Waals surface area contributed by atoms with Crippen LogP contribution in [0.3, 0.4) is 0 Å². The summed E-state index contributed by atoms with van der Waals surface area (Å²) in [5, 5.41) is 0.792. The van der Waals surface area contributed by atoms with E-state index in [1.165, 1.54) is 16.7 Å². The second-order valence-corrected chi connectivity index (χ2v) is 6.18. The average Bonchev–Trinajstić information content (AvgIpc) is 2.37. The smallest absolute Gasteiger partial charge is 0.0541 e. The number of benzene rings is 2. The first-order valence-corrected chi connectivity index (χ1v) is 7.64. The molecule has 0 aliphatic carbocycles. The largest absolute Gasteiger partial charge is 0.323 e. The van der Waals surface area contributed by atoms with Gasteiger partial charge in [0.15, 0.2) is 0 Å². The average molecular weight is 292 g/mol. The molecule has 1 unspecified atom stereocenters. The van der Waals surface area contributed by atoms with Gasteiger partial charge in [-0.3, -0.25) is 0 Å². The molecule has 2 N–H and O–H groups in total. The van der Waals surface area contributed by atoms with Gasteiger partial charge in [0.05, 0.1) is 5.02 Å². The van der Waals surface area contributed by atoms with E-state index in [-0.39, 0.29) is 6.04 Å². The summed E-state index contributed by atoms with van der Waals surface area (Å²) < 4.78 is 0. The Kier molecular flexibility index (Phi) is 4.92. The van der Waals surface area contributed by atoms with Crippen LogP contribution in [-0.4, -0.2) is 5.75 Å². The van der Waals surface area contributed by atoms with E-state index in [0.717, 1.165) is 15.7 Å². The molecule has 1 atom stereocenters. The summed E-state index contributed by atoms with van der Waals surface area (Å²) in [7, 11) is 0. The zero-order valence-electron chi connectivity index (χ0n) is 11.2. The molecule has 1 nitrogen and oxygen atoms in total. The van der Waals surface area contributed by atoms with Gasteiger partial charge in [-0.2, -0.15) is 0 Å². The van der Waals surface area contributed by atoms with Crippen molar-refractivity contribution in [3.63, 3.8) is 0 Å². The first kappa shape index (κ1) is 14.4. The van der Waals surface area contributed by atoms with Gasteiger partial charge in [0, 0.05) is 16.7 Å². The van der Waals surface area contributed by atoms with Gasteiger partial charge in [-0.05, 0) is 37.1 Å². The molecule has 0 heterocycles. The molecular weight excluding hydrogens is 274 g/mol. The molecule has 0 aromatic heterocycles. The summed E-state index contributed by atoms with van der Waals surface area (Å²) in [6.07, 6.45) is 0. The highest BCUT2D eigenvalue weighted by atomic mass is 35.5. The standard InChI is InChI=1S/C16H18ClNS/c1-11-7-8-13(12(2)9-11)15(18)10-19-16-6-4-3-5-14(16)17/h3-9,15H,10,18H2,1-2H3. The van der Waals surface area contributed by atoms with Gasteiger partial charge in [0.25, 0.3) is 0 Å². The Morgan fingerprint density at radius 3 is 2.58 bits per heavy atom. The van der Waals surface area contributed by atoms with Crippen molar-refractivity contribution in [2.45, 2.75) is 24.8 Å². The third-order valence-corrected chi connectivity index (χ3v) is 4.71. The number of rotatable bonds is 4. The van der Waals surface area contributed by atoms with Crippen LogP contribution in [0.25, 0.3) is 0 Å². The second-order valence-electron chi connectivity index (χ2n) is 4.71. The van der Waals surface area contributed by atoms with Crippen molar-refractivity contribution >= 4 is 23.4 Å². The minimum Gasteiger partial charge on any atom is -0.323 e. The number of hydrogen-bond acceptors (Lipinski definition) is 2. The van der Waals surface area contributed by atoms with Crippen LogP contribution in [0.5, 0.6) is 0 Å². The lowest BCUT2D eigenvalue weighted by Crippen LogP contribution is -2.14. The fourth-order valence-electron chi connectivity index (χ4n) is 2.07. The Labute approximate surface area is 124 Å². The maximum Gasteiger partial charge on any atom is 0.0541 e. The highest BCUT2D eigenvalue weighted by Crippen LogP contribution is 2.30. The van der Waals surface area contributed by atoms with Gasteiger partial charge in [-0.1, -0.05) is 47.5 Å². The molecule has 0 radical (unpaired) electrons. The van der Waals surface area contributed by atoms with Gasteiger partial charge in [-0.25, -0.2) is 0 Å². The summed E-state index contributed by atoms with van der Waals surface area (Å²) in [5.74, 6) is 0.827. The maximum atomic E-state index is 6.28. The molecule has 0 fully saturated rings. The van der Waals surface area contributed by atoms with Crippen LogP contribution in [-0.2, 0) is 0 Å². The number of thioether (sulfide) groups is 1. The van der Waals surface area contributed by atoms with E-state index in [4.69, 9.17) is 17.3 Å². The van der Waals surface area contributed by atoms with Crippen LogP contribution < -0.4 is 5.73 Å². The lowest BCUT2D eigenvalue weighted by atomic mass is 10.0. The normalized spacial score (nSPS) is 12.4. The van der Waals surface area contributed by atoms with E-state index < -0.39 is 0 Å². The van der Waals surface area contributed by atoms with Gasteiger partial charge in [0.2, 0.25) is 0 Å². The molecule has 100 valence electrons. The number of aryl methyl sites for hydroxylation is 2. The second kappa shape index (κ2) is 6.47. The first-order valence-electron chi connectivity index (χ1n) is 6.28. The van der Waals surface area contributed by atoms with Crippen molar-refractivity contribution < 1.29 is 0 Å². The molecule has 0 bridgehead atoms. The third-order valence-electron chi connectivity index (χ3n) is 3.08. The summed E-state index contributed by atoms with van der Waals surface area (Å²) >= 11 is 7.85. The van der Waals surface area contributed by atoms with Gasteiger partial charge in [-0.15, -0.1) is 11.8 Å². The van der Waals surface area contributed by atoms with E-state index in [2.05, 4.69) is 32.0 Å². The quantitative estimate of drug-likeness (QED) is 0.823. The van der Waals surface area contributed by atoms with E-state index in [9.17, 15) is 0 Å². The van der Waals surface area contributed by atoms with Crippen molar-refractivity contribution in [3.05, 3.63) is 64.2 Å². The Balaban J connectivity index is 2.05.